The van der Waals surface area contributed by atoms with Gasteiger partial charge in [-0.2, -0.15) is 0 Å². The maximum atomic E-state index is 10.4. The van der Waals surface area contributed by atoms with Crippen LogP contribution in [0.1, 0.15) is 56.3 Å². The van der Waals surface area contributed by atoms with Crippen molar-refractivity contribution in [3.05, 3.63) is 18.0 Å². The van der Waals surface area contributed by atoms with Gasteiger partial charge in [-0.15, -0.1) is 0 Å². The van der Waals surface area contributed by atoms with Gasteiger partial charge in [0.2, 0.25) is 0 Å². The lowest BCUT2D eigenvalue weighted by molar-refractivity contribution is 0.112. The summed E-state index contributed by atoms with van der Waals surface area (Å²) in [4.78, 5) is 18.4. The first-order chi connectivity index (χ1) is 8.26. The maximum absolute atomic E-state index is 10.4. The summed E-state index contributed by atoms with van der Waals surface area (Å²) in [5.41, 5.74) is 0.466. The number of hydrogen-bond donors (Lipinski definition) is 0. The number of aromatic nitrogens is 2. The number of hydrogen-bond acceptors (Lipinski definition) is 4. The fourth-order valence-electron chi connectivity index (χ4n) is 1.55. The van der Waals surface area contributed by atoms with Gasteiger partial charge in [0.15, 0.2) is 6.29 Å². The van der Waals surface area contributed by atoms with E-state index in [9.17, 15) is 4.79 Å². The second-order valence-electron chi connectivity index (χ2n) is 4.19. The van der Waals surface area contributed by atoms with Crippen LogP contribution in [0.2, 0.25) is 0 Å². The largest absolute Gasteiger partial charge is 0.460 e. The molecule has 0 N–H and O–H groups in total. The van der Waals surface area contributed by atoms with Crippen molar-refractivity contribution >= 4 is 6.29 Å². The number of rotatable bonds is 8. The van der Waals surface area contributed by atoms with Gasteiger partial charge in [0.25, 0.3) is 0 Å². The van der Waals surface area contributed by atoms with Gasteiger partial charge in [0.1, 0.15) is 0 Å². The van der Waals surface area contributed by atoms with E-state index in [1.807, 2.05) is 6.92 Å². The first-order valence-corrected chi connectivity index (χ1v) is 6.20. The van der Waals surface area contributed by atoms with Gasteiger partial charge in [-0.1, -0.05) is 26.2 Å². The number of carbonyl (C=O) groups is 1. The first-order valence-electron chi connectivity index (χ1n) is 6.20. The summed E-state index contributed by atoms with van der Waals surface area (Å²) in [6, 6.07) is 0.346. The van der Waals surface area contributed by atoms with Crippen LogP contribution in [0.5, 0.6) is 6.01 Å². The molecule has 17 heavy (non-hydrogen) atoms. The minimum Gasteiger partial charge on any atom is -0.460 e. The lowest BCUT2D eigenvalue weighted by Crippen LogP contribution is -2.13. The topological polar surface area (TPSA) is 52.1 Å². The molecule has 0 bridgehead atoms. The maximum Gasteiger partial charge on any atom is 0.316 e. The van der Waals surface area contributed by atoms with Crippen molar-refractivity contribution in [3.63, 3.8) is 0 Å². The average molecular weight is 236 g/mol. The van der Waals surface area contributed by atoms with E-state index < -0.39 is 0 Å². The third kappa shape index (κ3) is 5.43. The van der Waals surface area contributed by atoms with E-state index in [0.29, 0.717) is 11.6 Å². The molecule has 0 spiro atoms. The monoisotopic (exact) mass is 236 g/mol. The molecule has 0 aliphatic carbocycles. The van der Waals surface area contributed by atoms with E-state index >= 15 is 0 Å². The zero-order valence-corrected chi connectivity index (χ0v) is 10.6. The number of unbranched alkanes of at least 4 members (excludes halogenated alkanes) is 3. The molecule has 4 nitrogen and oxygen atoms in total. The summed E-state index contributed by atoms with van der Waals surface area (Å²) in [6.07, 6.45) is 9.72. The zero-order valence-electron chi connectivity index (χ0n) is 10.6. The third-order valence-corrected chi connectivity index (χ3v) is 2.56. The summed E-state index contributed by atoms with van der Waals surface area (Å²) >= 11 is 0. The van der Waals surface area contributed by atoms with E-state index in [0.717, 1.165) is 12.7 Å². The van der Waals surface area contributed by atoms with Crippen molar-refractivity contribution in [3.8, 4) is 6.01 Å². The fourth-order valence-corrected chi connectivity index (χ4v) is 1.55. The molecular weight excluding hydrogens is 216 g/mol. The van der Waals surface area contributed by atoms with Crippen molar-refractivity contribution in [2.24, 2.45) is 0 Å². The lowest BCUT2D eigenvalue weighted by Gasteiger charge is -2.12. The highest BCUT2D eigenvalue weighted by molar-refractivity contribution is 5.73. The Kier molecular flexibility index (Phi) is 6.22. The molecule has 0 saturated heterocycles. The van der Waals surface area contributed by atoms with Gasteiger partial charge >= 0.3 is 6.01 Å². The highest BCUT2D eigenvalue weighted by Gasteiger charge is 2.05. The molecule has 1 unspecified atom stereocenters. The summed E-state index contributed by atoms with van der Waals surface area (Å²) in [7, 11) is 0. The fraction of sp³-hybridized carbons (Fsp3) is 0.615. The molecule has 0 aromatic carbocycles. The van der Waals surface area contributed by atoms with E-state index in [-0.39, 0.29) is 6.10 Å². The second kappa shape index (κ2) is 7.76. The molecule has 0 aliphatic rings. The highest BCUT2D eigenvalue weighted by atomic mass is 16.5. The molecule has 4 heteroatoms. The Balaban J connectivity index is 2.29. The Bertz CT molecular complexity index is 325. The summed E-state index contributed by atoms with van der Waals surface area (Å²) in [5.74, 6) is 0. The Morgan fingerprint density at radius 2 is 2.00 bits per heavy atom. The number of nitrogens with zero attached hydrogens (tertiary/aromatic N) is 2. The molecular formula is C13H20N2O2. The van der Waals surface area contributed by atoms with Crippen LogP contribution in [0.25, 0.3) is 0 Å². The van der Waals surface area contributed by atoms with Crippen LogP contribution in [0.3, 0.4) is 0 Å². The quantitative estimate of drug-likeness (QED) is 0.514. The predicted octanol–water partition coefficient (Wildman–Crippen LogP) is 3.03. The Morgan fingerprint density at radius 3 is 2.59 bits per heavy atom. The van der Waals surface area contributed by atoms with Crippen LogP contribution < -0.4 is 4.74 Å². The molecule has 1 heterocycles. The lowest BCUT2D eigenvalue weighted by atomic mass is 10.1. The third-order valence-electron chi connectivity index (χ3n) is 2.56. The molecule has 1 atom stereocenters. The van der Waals surface area contributed by atoms with Crippen LogP contribution in [0.15, 0.2) is 12.4 Å². The smallest absolute Gasteiger partial charge is 0.316 e. The van der Waals surface area contributed by atoms with E-state index in [2.05, 4.69) is 16.9 Å². The van der Waals surface area contributed by atoms with Gasteiger partial charge in [-0.3, -0.25) is 4.79 Å². The standard InChI is InChI=1S/C13H20N2O2/c1-3-4-5-6-7-11(2)17-13-14-8-12(10-16)9-15-13/h8-11H,3-7H2,1-2H3. The Morgan fingerprint density at radius 1 is 1.29 bits per heavy atom. The summed E-state index contributed by atoms with van der Waals surface area (Å²) in [5, 5.41) is 0. The number of ether oxygens (including phenoxy) is 1. The zero-order chi connectivity index (χ0) is 12.5. The minimum absolute atomic E-state index is 0.119. The SMILES string of the molecule is CCCCCCC(C)Oc1ncc(C=O)cn1. The molecule has 0 amide bonds. The van der Waals surface area contributed by atoms with Crippen molar-refractivity contribution in [2.45, 2.75) is 52.1 Å². The summed E-state index contributed by atoms with van der Waals surface area (Å²) in [6.45, 7) is 4.21. The van der Waals surface area contributed by atoms with Crippen molar-refractivity contribution in [1.29, 1.82) is 0 Å². The Hall–Kier alpha value is -1.45. The molecule has 1 aromatic heterocycles. The molecule has 0 aliphatic heterocycles. The molecule has 0 saturated carbocycles. The number of carbonyl (C=O) groups excluding carboxylic acids is 1. The average Bonchev–Trinajstić information content (AvgIpc) is 2.36. The minimum atomic E-state index is 0.119. The molecule has 0 fully saturated rings. The van der Waals surface area contributed by atoms with E-state index in [1.54, 1.807) is 0 Å². The van der Waals surface area contributed by atoms with Crippen LogP contribution >= 0.6 is 0 Å². The normalized spacial score (nSPS) is 12.1. The predicted molar refractivity (Wildman–Crippen MR) is 66.3 cm³/mol. The van der Waals surface area contributed by atoms with Gasteiger partial charge in [-0.05, 0) is 19.8 Å². The molecule has 1 aromatic rings. The van der Waals surface area contributed by atoms with Crippen molar-refractivity contribution < 1.29 is 9.53 Å². The van der Waals surface area contributed by atoms with Crippen molar-refractivity contribution in [1.82, 2.24) is 9.97 Å². The van der Waals surface area contributed by atoms with Crippen molar-refractivity contribution in [2.75, 3.05) is 0 Å². The van der Waals surface area contributed by atoms with Gasteiger partial charge in [-0.25, -0.2) is 9.97 Å². The van der Waals surface area contributed by atoms with Gasteiger partial charge in [0, 0.05) is 12.4 Å². The van der Waals surface area contributed by atoms with E-state index in [4.69, 9.17) is 4.74 Å². The number of aldehydes is 1. The Labute approximate surface area is 102 Å². The van der Waals surface area contributed by atoms with Crippen LogP contribution in [0.4, 0.5) is 0 Å². The van der Waals surface area contributed by atoms with Gasteiger partial charge < -0.3 is 4.74 Å². The summed E-state index contributed by atoms with van der Waals surface area (Å²) < 4.78 is 5.56. The van der Waals surface area contributed by atoms with Gasteiger partial charge in [0.05, 0.1) is 11.7 Å². The van der Waals surface area contributed by atoms with Crippen LogP contribution in [-0.4, -0.2) is 22.4 Å². The van der Waals surface area contributed by atoms with Crippen LogP contribution in [-0.2, 0) is 0 Å². The van der Waals surface area contributed by atoms with E-state index in [1.165, 1.54) is 38.1 Å². The first kappa shape index (κ1) is 13.6. The molecule has 1 rings (SSSR count). The molecule has 94 valence electrons. The van der Waals surface area contributed by atoms with Crippen LogP contribution in [0, 0.1) is 0 Å². The molecule has 0 radical (unpaired) electrons. The second-order valence-corrected chi connectivity index (χ2v) is 4.19. The highest BCUT2D eigenvalue weighted by Crippen LogP contribution is 2.10.